The van der Waals surface area contributed by atoms with Gasteiger partial charge in [0.05, 0.1) is 22.5 Å². The van der Waals surface area contributed by atoms with Gasteiger partial charge in [-0.3, -0.25) is 4.79 Å². The molecule has 0 radical (unpaired) electrons. The maximum absolute atomic E-state index is 13.2. The van der Waals surface area contributed by atoms with E-state index in [1.54, 1.807) is 6.92 Å². The van der Waals surface area contributed by atoms with Crippen LogP contribution in [-0.4, -0.2) is 54.8 Å². The summed E-state index contributed by atoms with van der Waals surface area (Å²) in [5.41, 5.74) is 1.84. The zero-order valence-corrected chi connectivity index (χ0v) is 22.1. The fourth-order valence-electron chi connectivity index (χ4n) is 5.41. The minimum atomic E-state index is -4.84. The smallest absolute Gasteiger partial charge is 0.389 e. The number of nitrogens with one attached hydrogen (secondary N) is 1. The highest BCUT2D eigenvalue weighted by Crippen LogP contribution is 2.50. The summed E-state index contributed by atoms with van der Waals surface area (Å²) in [6.45, 7) is 5.06. The zero-order valence-electron chi connectivity index (χ0n) is 22.1. The summed E-state index contributed by atoms with van der Waals surface area (Å²) in [7, 11) is 0. The quantitative estimate of drug-likeness (QED) is 0.343. The fraction of sp³-hybridized carbons (Fsp3) is 0.741. The van der Waals surface area contributed by atoms with Crippen LogP contribution < -0.4 is 11.1 Å². The topological polar surface area (TPSA) is 84.6 Å². The lowest BCUT2D eigenvalue weighted by molar-refractivity contribution is -0.153. The molecule has 4 N–H and O–H groups in total. The van der Waals surface area contributed by atoms with Gasteiger partial charge in [-0.2, -0.15) is 26.3 Å². The van der Waals surface area contributed by atoms with E-state index in [0.717, 1.165) is 13.2 Å². The summed E-state index contributed by atoms with van der Waals surface area (Å²) in [6, 6.07) is -0.330. The number of amides is 1. The minimum absolute atomic E-state index is 0.193. The molecule has 5 nitrogen and oxygen atoms in total. The molecule has 4 atom stereocenters. The maximum Gasteiger partial charge on any atom is 0.416 e. The number of halogens is 6. The number of carbonyl (C=O) groups is 1. The molecule has 2 fully saturated rings. The molecule has 38 heavy (non-hydrogen) atoms. The van der Waals surface area contributed by atoms with Crippen molar-refractivity contribution in [3.63, 3.8) is 0 Å². The number of hydrogen-bond donors (Lipinski definition) is 3. The van der Waals surface area contributed by atoms with E-state index in [-0.39, 0.29) is 24.5 Å². The average Bonchev–Trinajstić information content (AvgIpc) is 3.12. The first-order chi connectivity index (χ1) is 17.7. The van der Waals surface area contributed by atoms with Crippen molar-refractivity contribution in [3.8, 4) is 0 Å². The van der Waals surface area contributed by atoms with Gasteiger partial charge in [0, 0.05) is 25.8 Å². The van der Waals surface area contributed by atoms with Crippen molar-refractivity contribution in [1.29, 1.82) is 0 Å². The molecule has 1 saturated heterocycles. The normalized spacial score (nSPS) is 27.8. The monoisotopic (exact) mass is 554 g/mol. The molecule has 2 aliphatic carbocycles. The van der Waals surface area contributed by atoms with Crippen LogP contribution >= 0.6 is 0 Å². The standard InChI is InChI=1S/C22H30F6N2O2.C5H10O/c1-3-8-20(32,4-2)19(9-7-17(29)12-19)18(31)30-13-14-10-15(21(23,24)25)5-6-16(11-14)22(26,27)28;1-2-4-6-5-3-1/h5-6,10-11,15,17,32H,3-4,7-9,12-13,29H2,1-2H3,(H,30,31);1-5H2. The number of alkyl halides is 6. The third-order valence-corrected chi connectivity index (χ3v) is 7.58. The third-order valence-electron chi connectivity index (χ3n) is 7.58. The van der Waals surface area contributed by atoms with E-state index < -0.39 is 47.3 Å². The Balaban J connectivity index is 0.000000739. The number of nitrogens with two attached hydrogens (primary N) is 1. The van der Waals surface area contributed by atoms with Gasteiger partial charge in [0.15, 0.2) is 0 Å². The Morgan fingerprint density at radius 2 is 1.82 bits per heavy atom. The summed E-state index contributed by atoms with van der Waals surface area (Å²) in [6.07, 6.45) is -1.41. The Kier molecular flexibility index (Phi) is 11.5. The second-order valence-electron chi connectivity index (χ2n) is 10.3. The molecular formula is C27H40F6N2O3. The SMILES string of the molecule is C1CCOCC1.CCCC(O)(CC)C1(C(=O)NCC2=CC(C(F)(F)F)C=CC(C(F)(F)F)=C2)CCC(N)C1. The van der Waals surface area contributed by atoms with Crippen LogP contribution in [0.5, 0.6) is 0 Å². The van der Waals surface area contributed by atoms with E-state index in [1.807, 2.05) is 6.92 Å². The molecule has 3 aliphatic rings. The fourth-order valence-corrected chi connectivity index (χ4v) is 5.41. The van der Waals surface area contributed by atoms with Gasteiger partial charge >= 0.3 is 12.4 Å². The number of rotatable bonds is 7. The predicted molar refractivity (Wildman–Crippen MR) is 133 cm³/mol. The van der Waals surface area contributed by atoms with Crippen LogP contribution in [0.15, 0.2) is 35.5 Å². The number of aliphatic hydroxyl groups is 1. The van der Waals surface area contributed by atoms with Gasteiger partial charge in [-0.1, -0.05) is 38.5 Å². The first-order valence-electron chi connectivity index (χ1n) is 13.3. The van der Waals surface area contributed by atoms with Crippen molar-refractivity contribution in [3.05, 3.63) is 35.5 Å². The Morgan fingerprint density at radius 3 is 2.24 bits per heavy atom. The van der Waals surface area contributed by atoms with Crippen LogP contribution in [-0.2, 0) is 9.53 Å². The Morgan fingerprint density at radius 1 is 1.16 bits per heavy atom. The van der Waals surface area contributed by atoms with Gasteiger partial charge in [0.1, 0.15) is 0 Å². The van der Waals surface area contributed by atoms with E-state index in [9.17, 15) is 36.2 Å². The Bertz CT molecular complexity index is 868. The van der Waals surface area contributed by atoms with Crippen LogP contribution in [0, 0.1) is 11.3 Å². The van der Waals surface area contributed by atoms with Gasteiger partial charge in [0.25, 0.3) is 0 Å². The molecule has 11 heteroatoms. The highest BCUT2D eigenvalue weighted by molar-refractivity contribution is 5.85. The van der Waals surface area contributed by atoms with Gasteiger partial charge in [-0.15, -0.1) is 0 Å². The minimum Gasteiger partial charge on any atom is -0.389 e. The van der Waals surface area contributed by atoms with Crippen LogP contribution in [0.25, 0.3) is 0 Å². The Hall–Kier alpha value is -1.85. The van der Waals surface area contributed by atoms with E-state index >= 15 is 0 Å². The summed E-state index contributed by atoms with van der Waals surface area (Å²) >= 11 is 0. The zero-order chi connectivity index (χ0) is 28.6. The molecule has 0 aromatic rings. The van der Waals surface area contributed by atoms with Gasteiger partial charge in [-0.25, -0.2) is 0 Å². The molecule has 0 aromatic carbocycles. The predicted octanol–water partition coefficient (Wildman–Crippen LogP) is 5.89. The van der Waals surface area contributed by atoms with Crippen molar-refractivity contribution < 1.29 is 41.0 Å². The van der Waals surface area contributed by atoms with Crippen LogP contribution in [0.2, 0.25) is 0 Å². The van der Waals surface area contributed by atoms with Crippen molar-refractivity contribution in [2.45, 2.75) is 95.6 Å². The lowest BCUT2D eigenvalue weighted by Gasteiger charge is -2.44. The lowest BCUT2D eigenvalue weighted by atomic mass is 9.66. The molecule has 3 rings (SSSR count). The molecule has 0 bridgehead atoms. The van der Waals surface area contributed by atoms with E-state index in [0.29, 0.717) is 50.0 Å². The highest BCUT2D eigenvalue weighted by atomic mass is 19.4. The van der Waals surface area contributed by atoms with E-state index in [1.165, 1.54) is 19.3 Å². The molecule has 1 aliphatic heterocycles. The summed E-state index contributed by atoms with van der Waals surface area (Å²) in [5, 5.41) is 13.8. The number of carbonyl (C=O) groups excluding carboxylic acids is 1. The van der Waals surface area contributed by atoms with Crippen LogP contribution in [0.1, 0.15) is 71.6 Å². The molecule has 218 valence electrons. The lowest BCUT2D eigenvalue weighted by Crippen LogP contribution is -2.56. The number of allylic oxidation sites excluding steroid dienone is 4. The molecular weight excluding hydrogens is 514 g/mol. The summed E-state index contributed by atoms with van der Waals surface area (Å²) in [5.74, 6) is -2.82. The van der Waals surface area contributed by atoms with Gasteiger partial charge in [-0.05, 0) is 63.0 Å². The first kappa shape index (κ1) is 32.4. The van der Waals surface area contributed by atoms with Gasteiger partial charge < -0.3 is 20.9 Å². The summed E-state index contributed by atoms with van der Waals surface area (Å²) in [4.78, 5) is 13.2. The van der Waals surface area contributed by atoms with Crippen LogP contribution in [0.3, 0.4) is 0 Å². The van der Waals surface area contributed by atoms with Crippen LogP contribution in [0.4, 0.5) is 26.3 Å². The largest absolute Gasteiger partial charge is 0.416 e. The maximum atomic E-state index is 13.2. The number of ether oxygens (including phenoxy) is 1. The second-order valence-corrected chi connectivity index (χ2v) is 10.3. The van der Waals surface area contributed by atoms with Crippen molar-refractivity contribution in [1.82, 2.24) is 5.32 Å². The molecule has 0 aromatic heterocycles. The van der Waals surface area contributed by atoms with Gasteiger partial charge in [0.2, 0.25) is 5.91 Å². The number of hydrogen-bond acceptors (Lipinski definition) is 4. The average molecular weight is 555 g/mol. The first-order valence-corrected chi connectivity index (χ1v) is 13.3. The highest BCUT2D eigenvalue weighted by Gasteiger charge is 2.57. The molecule has 0 spiro atoms. The Labute approximate surface area is 220 Å². The molecule has 4 unspecified atom stereocenters. The third kappa shape index (κ3) is 8.32. The molecule has 1 saturated carbocycles. The van der Waals surface area contributed by atoms with Crippen molar-refractivity contribution >= 4 is 5.91 Å². The molecule has 1 amide bonds. The van der Waals surface area contributed by atoms with Crippen molar-refractivity contribution in [2.24, 2.45) is 17.1 Å². The van der Waals surface area contributed by atoms with E-state index in [2.05, 4.69) is 5.32 Å². The summed E-state index contributed by atoms with van der Waals surface area (Å²) < 4.78 is 84.3. The van der Waals surface area contributed by atoms with E-state index in [4.69, 9.17) is 10.5 Å². The second kappa shape index (κ2) is 13.5. The van der Waals surface area contributed by atoms with Crippen molar-refractivity contribution in [2.75, 3.05) is 19.8 Å². The molecule has 1 heterocycles.